The zero-order valence-electron chi connectivity index (χ0n) is 18.0. The van der Waals surface area contributed by atoms with Gasteiger partial charge in [-0.25, -0.2) is 9.59 Å². The number of carbonyl (C=O) groups is 2. The topological polar surface area (TPSA) is 134 Å². The molecular formula is C24H26O8. The SMILES string of the molecule is COC(=O)[C@]1(Cc2ccc(O)c(C[C@@H](O)C(C)C)c2)OC(=O)C(O)=C1c1ccc(O)cc1. The molecule has 0 unspecified atom stereocenters. The lowest BCUT2D eigenvalue weighted by atomic mass is 9.82. The highest BCUT2D eigenvalue weighted by Crippen LogP contribution is 2.43. The van der Waals surface area contributed by atoms with E-state index in [0.717, 1.165) is 7.11 Å². The van der Waals surface area contributed by atoms with E-state index in [0.29, 0.717) is 16.7 Å². The Morgan fingerprint density at radius 1 is 1.09 bits per heavy atom. The van der Waals surface area contributed by atoms with Gasteiger partial charge in [0.05, 0.1) is 18.8 Å². The van der Waals surface area contributed by atoms with Crippen molar-refractivity contribution in [3.05, 3.63) is 64.9 Å². The van der Waals surface area contributed by atoms with Gasteiger partial charge in [-0.05, 0) is 40.8 Å². The standard InChI is InChI=1S/C24H26O8/c1-13(2)19(27)11-16-10-14(4-9-18(16)26)12-24(23(30)31-3)20(21(28)22(29)32-24)15-5-7-17(25)8-6-15/h4-10,13,19,25-28H,11-12H2,1-3H3/t19-,24-/m1/s1. The van der Waals surface area contributed by atoms with Crippen LogP contribution in [0.5, 0.6) is 11.5 Å². The molecule has 2 atom stereocenters. The van der Waals surface area contributed by atoms with Crippen LogP contribution in [-0.2, 0) is 31.9 Å². The van der Waals surface area contributed by atoms with Gasteiger partial charge in [-0.3, -0.25) is 0 Å². The number of hydrogen-bond donors (Lipinski definition) is 4. The predicted octanol–water partition coefficient (Wildman–Crippen LogP) is 2.64. The molecule has 2 aromatic rings. The fraction of sp³-hybridized carbons (Fsp3) is 0.333. The smallest absolute Gasteiger partial charge is 0.375 e. The van der Waals surface area contributed by atoms with Gasteiger partial charge < -0.3 is 29.9 Å². The Bertz CT molecular complexity index is 1050. The fourth-order valence-corrected chi connectivity index (χ4v) is 3.71. The maximum absolute atomic E-state index is 12.9. The first-order chi connectivity index (χ1) is 15.1. The molecule has 4 N–H and O–H groups in total. The monoisotopic (exact) mass is 442 g/mol. The molecule has 1 aliphatic heterocycles. The van der Waals surface area contributed by atoms with Gasteiger partial charge in [-0.2, -0.15) is 0 Å². The molecule has 170 valence electrons. The third-order valence-corrected chi connectivity index (χ3v) is 5.57. The molecule has 0 aliphatic carbocycles. The molecular weight excluding hydrogens is 416 g/mol. The van der Waals surface area contributed by atoms with E-state index in [1.165, 1.54) is 30.3 Å². The minimum Gasteiger partial charge on any atom is -0.508 e. The highest BCUT2D eigenvalue weighted by molar-refractivity contribution is 6.11. The quantitative estimate of drug-likeness (QED) is 0.481. The van der Waals surface area contributed by atoms with Gasteiger partial charge in [0.2, 0.25) is 11.4 Å². The first-order valence-corrected chi connectivity index (χ1v) is 10.1. The lowest BCUT2D eigenvalue weighted by molar-refractivity contribution is -0.169. The summed E-state index contributed by atoms with van der Waals surface area (Å²) in [5, 5.41) is 40.5. The number of rotatable bonds is 7. The van der Waals surface area contributed by atoms with Crippen LogP contribution in [0.3, 0.4) is 0 Å². The van der Waals surface area contributed by atoms with E-state index in [1.54, 1.807) is 12.1 Å². The molecule has 0 bridgehead atoms. The highest BCUT2D eigenvalue weighted by atomic mass is 16.6. The van der Waals surface area contributed by atoms with E-state index in [1.807, 2.05) is 13.8 Å². The minimum atomic E-state index is -1.97. The van der Waals surface area contributed by atoms with Crippen molar-refractivity contribution in [2.75, 3.05) is 7.11 Å². The number of cyclic esters (lactones) is 1. The van der Waals surface area contributed by atoms with Crippen LogP contribution in [0.1, 0.15) is 30.5 Å². The number of aliphatic hydroxyl groups excluding tert-OH is 2. The zero-order valence-corrected chi connectivity index (χ0v) is 18.0. The van der Waals surface area contributed by atoms with Crippen molar-refractivity contribution in [3.8, 4) is 11.5 Å². The van der Waals surface area contributed by atoms with Gasteiger partial charge in [0.15, 0.2) is 0 Å². The molecule has 0 saturated heterocycles. The van der Waals surface area contributed by atoms with Crippen molar-refractivity contribution in [2.45, 2.75) is 38.4 Å². The lowest BCUT2D eigenvalue weighted by Crippen LogP contribution is -2.44. The van der Waals surface area contributed by atoms with Crippen LogP contribution in [0.2, 0.25) is 0 Å². The maximum Gasteiger partial charge on any atom is 0.375 e. The van der Waals surface area contributed by atoms with Crippen LogP contribution < -0.4 is 0 Å². The molecule has 8 heteroatoms. The van der Waals surface area contributed by atoms with Crippen molar-refractivity contribution in [3.63, 3.8) is 0 Å². The number of esters is 2. The molecule has 0 fully saturated rings. The largest absolute Gasteiger partial charge is 0.508 e. The summed E-state index contributed by atoms with van der Waals surface area (Å²) in [6.45, 7) is 3.71. The molecule has 0 saturated carbocycles. The molecule has 8 nitrogen and oxygen atoms in total. The van der Waals surface area contributed by atoms with Gasteiger partial charge in [-0.15, -0.1) is 0 Å². The number of phenolic OH excluding ortho intramolecular Hbond substituents is 2. The molecule has 32 heavy (non-hydrogen) atoms. The number of ether oxygens (including phenoxy) is 2. The van der Waals surface area contributed by atoms with Crippen LogP contribution in [-0.4, -0.2) is 51.2 Å². The average Bonchev–Trinajstić information content (AvgIpc) is 3.01. The van der Waals surface area contributed by atoms with Gasteiger partial charge in [0, 0.05) is 12.8 Å². The van der Waals surface area contributed by atoms with Crippen LogP contribution in [0, 0.1) is 5.92 Å². The number of aromatic hydroxyl groups is 2. The van der Waals surface area contributed by atoms with Crippen LogP contribution in [0.4, 0.5) is 0 Å². The van der Waals surface area contributed by atoms with Crippen molar-refractivity contribution in [1.82, 2.24) is 0 Å². The van der Waals surface area contributed by atoms with Crippen LogP contribution >= 0.6 is 0 Å². The molecule has 0 radical (unpaired) electrons. The lowest BCUT2D eigenvalue weighted by Gasteiger charge is -2.28. The summed E-state index contributed by atoms with van der Waals surface area (Å²) in [6.07, 6.45) is -0.683. The Labute approximate surface area is 185 Å². The Morgan fingerprint density at radius 3 is 2.34 bits per heavy atom. The van der Waals surface area contributed by atoms with Gasteiger partial charge in [0.25, 0.3) is 0 Å². The summed E-state index contributed by atoms with van der Waals surface area (Å²) in [4.78, 5) is 25.2. The molecule has 0 aromatic heterocycles. The zero-order chi connectivity index (χ0) is 23.6. The molecule has 1 heterocycles. The van der Waals surface area contributed by atoms with Crippen molar-refractivity contribution < 1.29 is 39.5 Å². The van der Waals surface area contributed by atoms with Crippen LogP contribution in [0.25, 0.3) is 5.57 Å². The van der Waals surface area contributed by atoms with E-state index in [4.69, 9.17) is 9.47 Å². The first-order valence-electron chi connectivity index (χ1n) is 10.1. The summed E-state index contributed by atoms with van der Waals surface area (Å²) in [6, 6.07) is 10.2. The van der Waals surface area contributed by atoms with Gasteiger partial charge >= 0.3 is 11.9 Å². The predicted molar refractivity (Wildman–Crippen MR) is 115 cm³/mol. The fourth-order valence-electron chi connectivity index (χ4n) is 3.71. The Balaban J connectivity index is 2.08. The highest BCUT2D eigenvalue weighted by Gasteiger charge is 2.55. The number of methoxy groups -OCH3 is 1. The molecule has 0 amide bonds. The summed E-state index contributed by atoms with van der Waals surface area (Å²) in [5.41, 5.74) is -0.778. The van der Waals surface area contributed by atoms with Crippen molar-refractivity contribution >= 4 is 17.5 Å². The molecule has 3 rings (SSSR count). The first kappa shape index (κ1) is 23.1. The van der Waals surface area contributed by atoms with E-state index < -0.39 is 29.4 Å². The third-order valence-electron chi connectivity index (χ3n) is 5.57. The Hall–Kier alpha value is -3.52. The number of hydrogen-bond acceptors (Lipinski definition) is 8. The maximum atomic E-state index is 12.9. The number of aliphatic hydroxyl groups is 2. The van der Waals surface area contributed by atoms with E-state index in [-0.39, 0.29) is 35.8 Å². The summed E-state index contributed by atoms with van der Waals surface area (Å²) in [7, 11) is 1.14. The summed E-state index contributed by atoms with van der Waals surface area (Å²) >= 11 is 0. The number of benzene rings is 2. The second kappa shape index (κ2) is 8.92. The van der Waals surface area contributed by atoms with Crippen molar-refractivity contribution in [2.24, 2.45) is 5.92 Å². The second-order valence-electron chi connectivity index (χ2n) is 8.13. The van der Waals surface area contributed by atoms with Gasteiger partial charge in [0.1, 0.15) is 11.5 Å². The van der Waals surface area contributed by atoms with Crippen LogP contribution in [0.15, 0.2) is 48.2 Å². The van der Waals surface area contributed by atoms with E-state index in [9.17, 15) is 30.0 Å². The number of carbonyl (C=O) groups excluding carboxylic acids is 2. The average molecular weight is 442 g/mol. The summed E-state index contributed by atoms with van der Waals surface area (Å²) < 4.78 is 10.3. The van der Waals surface area contributed by atoms with Gasteiger partial charge in [-0.1, -0.05) is 38.1 Å². The minimum absolute atomic E-state index is 0.0128. The Kier molecular flexibility index (Phi) is 6.45. The number of phenols is 2. The Morgan fingerprint density at radius 2 is 1.75 bits per heavy atom. The van der Waals surface area contributed by atoms with E-state index >= 15 is 0 Å². The molecule has 0 spiro atoms. The van der Waals surface area contributed by atoms with E-state index in [2.05, 4.69) is 0 Å². The second-order valence-corrected chi connectivity index (χ2v) is 8.13. The van der Waals surface area contributed by atoms with Crippen molar-refractivity contribution in [1.29, 1.82) is 0 Å². The summed E-state index contributed by atoms with van der Waals surface area (Å²) in [5.74, 6) is -2.77. The molecule has 2 aromatic carbocycles. The third kappa shape index (κ3) is 4.27. The molecule has 1 aliphatic rings. The normalized spacial score (nSPS) is 19.2.